The minimum Gasteiger partial charge on any atom is -0.872 e. The number of carbonyl (C=O) groups excluding carboxylic acids is 1. The number of hydrogen-bond donors (Lipinski definition) is 1. The molecule has 5 nitrogen and oxygen atoms in total. The van der Waals surface area contributed by atoms with Gasteiger partial charge in [0.15, 0.2) is 5.76 Å². The maximum atomic E-state index is 13.1. The average Bonchev–Trinajstić information content (AvgIpc) is 3.28. The molecule has 4 aromatic rings. The van der Waals surface area contributed by atoms with Crippen LogP contribution in [0.4, 0.5) is 0 Å². The number of ketones is 1. The van der Waals surface area contributed by atoms with E-state index in [1.807, 2.05) is 67.3 Å². The van der Waals surface area contributed by atoms with Crippen molar-refractivity contribution in [3.8, 4) is 11.5 Å². The SMILES string of the molecule is Cn1cc(/C=C2\Oc3c(ccc([O-])c3C[NH+](C)Cc3ccccc3)C2=O)c2ccccc21. The Morgan fingerprint density at radius 3 is 2.56 bits per heavy atom. The zero-order chi connectivity index (χ0) is 22.2. The molecule has 1 aliphatic rings. The van der Waals surface area contributed by atoms with E-state index in [2.05, 4.69) is 12.1 Å². The first-order valence-corrected chi connectivity index (χ1v) is 10.7. The summed E-state index contributed by atoms with van der Waals surface area (Å²) in [5.74, 6) is 0.371. The molecule has 1 aromatic heterocycles. The maximum Gasteiger partial charge on any atom is 0.231 e. The highest BCUT2D eigenvalue weighted by molar-refractivity contribution is 6.15. The van der Waals surface area contributed by atoms with Crippen LogP contribution in [0.1, 0.15) is 27.0 Å². The second-order valence-electron chi connectivity index (χ2n) is 8.37. The molecule has 32 heavy (non-hydrogen) atoms. The van der Waals surface area contributed by atoms with Gasteiger partial charge in [-0.25, -0.2) is 0 Å². The highest BCUT2D eigenvalue weighted by Crippen LogP contribution is 2.38. The molecule has 1 unspecified atom stereocenters. The Labute approximate surface area is 186 Å². The quantitative estimate of drug-likeness (QED) is 0.501. The largest absolute Gasteiger partial charge is 0.872 e. The Balaban J connectivity index is 1.46. The topological polar surface area (TPSA) is 58.7 Å². The molecular formula is C27H24N2O3. The van der Waals surface area contributed by atoms with Crippen molar-refractivity contribution in [1.29, 1.82) is 0 Å². The molecule has 2 heterocycles. The fourth-order valence-electron chi connectivity index (χ4n) is 4.39. The molecule has 0 radical (unpaired) electrons. The van der Waals surface area contributed by atoms with Crippen molar-refractivity contribution in [2.75, 3.05) is 7.05 Å². The van der Waals surface area contributed by atoms with E-state index < -0.39 is 0 Å². The summed E-state index contributed by atoms with van der Waals surface area (Å²) in [5, 5.41) is 13.7. The van der Waals surface area contributed by atoms with E-state index in [1.54, 1.807) is 12.1 Å². The Hall–Kier alpha value is -3.83. The van der Waals surface area contributed by atoms with Gasteiger partial charge in [0.2, 0.25) is 5.78 Å². The lowest BCUT2D eigenvalue weighted by Crippen LogP contribution is -3.06. The summed E-state index contributed by atoms with van der Waals surface area (Å²) in [4.78, 5) is 14.2. The Kier molecular flexibility index (Phi) is 5.04. The second-order valence-corrected chi connectivity index (χ2v) is 8.37. The van der Waals surface area contributed by atoms with E-state index in [9.17, 15) is 9.90 Å². The number of nitrogens with one attached hydrogen (secondary N) is 1. The lowest BCUT2D eigenvalue weighted by molar-refractivity contribution is -0.907. The highest BCUT2D eigenvalue weighted by atomic mass is 16.5. The number of nitrogens with zero attached hydrogens (tertiary/aromatic N) is 1. The molecule has 3 aromatic carbocycles. The summed E-state index contributed by atoms with van der Waals surface area (Å²) in [6.45, 7) is 1.25. The Morgan fingerprint density at radius 2 is 1.75 bits per heavy atom. The zero-order valence-electron chi connectivity index (χ0n) is 18.1. The van der Waals surface area contributed by atoms with E-state index >= 15 is 0 Å². The summed E-state index contributed by atoms with van der Waals surface area (Å²) in [7, 11) is 4.01. The number of rotatable bonds is 5. The predicted octanol–water partition coefficient (Wildman–Crippen LogP) is 3.08. The van der Waals surface area contributed by atoms with Crippen LogP contribution in [-0.2, 0) is 20.1 Å². The van der Waals surface area contributed by atoms with Crippen molar-refractivity contribution in [3.05, 3.63) is 101 Å². The Morgan fingerprint density at radius 1 is 1.00 bits per heavy atom. The number of ether oxygens (including phenoxy) is 1. The first-order chi connectivity index (χ1) is 15.5. The van der Waals surface area contributed by atoms with Crippen molar-refractivity contribution in [2.24, 2.45) is 7.05 Å². The van der Waals surface area contributed by atoms with Crippen molar-refractivity contribution in [3.63, 3.8) is 0 Å². The predicted molar refractivity (Wildman–Crippen MR) is 122 cm³/mol. The van der Waals surface area contributed by atoms with E-state index in [1.165, 1.54) is 11.6 Å². The van der Waals surface area contributed by atoms with Gasteiger partial charge in [-0.15, -0.1) is 0 Å². The van der Waals surface area contributed by atoms with Crippen LogP contribution in [0.3, 0.4) is 0 Å². The second kappa shape index (κ2) is 8.02. The molecule has 0 amide bonds. The van der Waals surface area contributed by atoms with Gasteiger partial charge in [0.25, 0.3) is 0 Å². The van der Waals surface area contributed by atoms with Gasteiger partial charge < -0.3 is 19.3 Å². The maximum absolute atomic E-state index is 13.1. The van der Waals surface area contributed by atoms with Gasteiger partial charge in [-0.1, -0.05) is 60.3 Å². The van der Waals surface area contributed by atoms with Crippen LogP contribution in [0.5, 0.6) is 11.5 Å². The van der Waals surface area contributed by atoms with Gasteiger partial charge in [-0.3, -0.25) is 4.79 Å². The average molecular weight is 425 g/mol. The molecule has 0 aliphatic carbocycles. The fraction of sp³-hybridized carbons (Fsp3) is 0.148. The summed E-state index contributed by atoms with van der Waals surface area (Å²) >= 11 is 0. The standard InChI is InChI=1S/C27H24N2O3/c1-28(15-18-8-4-3-5-9-18)17-22-24(30)13-12-21-26(31)25(32-27(21)22)14-19-16-29(2)23-11-7-6-10-20(19)23/h3-14,16,30H,15,17H2,1-2H3/b25-14-. The number of hydrogen-bond acceptors (Lipinski definition) is 3. The fourth-order valence-corrected chi connectivity index (χ4v) is 4.39. The lowest BCUT2D eigenvalue weighted by Gasteiger charge is -2.20. The molecule has 0 spiro atoms. The third-order valence-electron chi connectivity index (χ3n) is 5.94. The van der Waals surface area contributed by atoms with Gasteiger partial charge in [0, 0.05) is 40.8 Å². The van der Waals surface area contributed by atoms with Crippen LogP contribution >= 0.6 is 0 Å². The smallest absolute Gasteiger partial charge is 0.231 e. The number of Topliss-reactive ketones (excluding diaryl/α,β-unsaturated/α-hetero) is 1. The number of allylic oxidation sites excluding steroid dienone is 1. The molecule has 1 aliphatic heterocycles. The van der Waals surface area contributed by atoms with E-state index in [0.717, 1.165) is 27.9 Å². The van der Waals surface area contributed by atoms with Gasteiger partial charge >= 0.3 is 0 Å². The molecule has 0 saturated carbocycles. The van der Waals surface area contributed by atoms with E-state index in [4.69, 9.17) is 4.74 Å². The highest BCUT2D eigenvalue weighted by Gasteiger charge is 2.31. The summed E-state index contributed by atoms with van der Waals surface area (Å²) in [5.41, 5.74) is 4.19. The minimum atomic E-state index is -0.185. The third kappa shape index (κ3) is 3.57. The van der Waals surface area contributed by atoms with Gasteiger partial charge in [-0.05, 0) is 18.2 Å². The monoisotopic (exact) mass is 424 g/mol. The number of aryl methyl sites for hydroxylation is 1. The molecule has 0 fully saturated rings. The first-order valence-electron chi connectivity index (χ1n) is 10.7. The normalized spacial score (nSPS) is 15.2. The summed E-state index contributed by atoms with van der Waals surface area (Å²) in [6, 6.07) is 21.2. The summed E-state index contributed by atoms with van der Waals surface area (Å²) < 4.78 is 8.06. The van der Waals surface area contributed by atoms with Crippen LogP contribution in [0.25, 0.3) is 17.0 Å². The van der Waals surface area contributed by atoms with Crippen molar-refractivity contribution in [2.45, 2.75) is 13.1 Å². The molecule has 5 heteroatoms. The van der Waals surface area contributed by atoms with Crippen LogP contribution in [0.2, 0.25) is 0 Å². The molecule has 160 valence electrons. The molecule has 0 bridgehead atoms. The van der Waals surface area contributed by atoms with Gasteiger partial charge in [-0.2, -0.15) is 0 Å². The van der Waals surface area contributed by atoms with Gasteiger partial charge in [0.05, 0.1) is 12.6 Å². The molecular weight excluding hydrogens is 400 g/mol. The number of benzene rings is 3. The van der Waals surface area contributed by atoms with Crippen LogP contribution in [0, 0.1) is 0 Å². The van der Waals surface area contributed by atoms with Crippen molar-refractivity contribution >= 4 is 22.8 Å². The molecule has 5 rings (SSSR count). The van der Waals surface area contributed by atoms with E-state index in [0.29, 0.717) is 23.4 Å². The van der Waals surface area contributed by atoms with Crippen LogP contribution in [0.15, 0.2) is 78.7 Å². The molecule has 0 saturated heterocycles. The van der Waals surface area contributed by atoms with Crippen molar-refractivity contribution < 1.29 is 19.5 Å². The van der Waals surface area contributed by atoms with Gasteiger partial charge in [0.1, 0.15) is 18.8 Å². The van der Waals surface area contributed by atoms with Crippen LogP contribution in [-0.4, -0.2) is 17.4 Å². The number of quaternary nitrogens is 1. The molecule has 1 atom stereocenters. The number of carbonyl (C=O) groups is 1. The van der Waals surface area contributed by atoms with E-state index in [-0.39, 0.29) is 17.3 Å². The first kappa shape index (κ1) is 20.1. The number of fused-ring (bicyclic) bond motifs is 2. The third-order valence-corrected chi connectivity index (χ3v) is 5.94. The number of aromatic nitrogens is 1. The van der Waals surface area contributed by atoms with Crippen LogP contribution < -0.4 is 14.7 Å². The number of para-hydroxylation sites is 1. The summed E-state index contributed by atoms with van der Waals surface area (Å²) in [6.07, 6.45) is 3.76. The minimum absolute atomic E-state index is 0.102. The zero-order valence-corrected chi connectivity index (χ0v) is 18.1. The van der Waals surface area contributed by atoms with Crippen molar-refractivity contribution in [1.82, 2.24) is 4.57 Å². The molecule has 1 N–H and O–H groups in total. The lowest BCUT2D eigenvalue weighted by atomic mass is 10.0. The Bertz CT molecular complexity index is 1350.